The van der Waals surface area contributed by atoms with Crippen molar-refractivity contribution in [2.45, 2.75) is 45.2 Å². The number of aromatic nitrogens is 2. The number of nitrogens with one attached hydrogen (secondary N) is 1. The summed E-state index contributed by atoms with van der Waals surface area (Å²) in [4.78, 5) is 32.1. The molecule has 162 valence electrons. The Hall–Kier alpha value is -2.67. The van der Waals surface area contributed by atoms with Crippen LogP contribution in [-0.4, -0.2) is 39.4 Å². The van der Waals surface area contributed by atoms with E-state index in [0.717, 1.165) is 47.3 Å². The van der Waals surface area contributed by atoms with E-state index in [1.165, 1.54) is 12.8 Å². The van der Waals surface area contributed by atoms with Crippen molar-refractivity contribution in [3.8, 4) is 0 Å². The Kier molecular flexibility index (Phi) is 7.02. The number of imidazole rings is 1. The second-order valence-electron chi connectivity index (χ2n) is 7.91. The minimum absolute atomic E-state index is 0.152. The summed E-state index contributed by atoms with van der Waals surface area (Å²) >= 11 is 3.40. The average Bonchev–Trinajstić information content (AvgIpc) is 2.93. The number of amides is 2. The summed E-state index contributed by atoms with van der Waals surface area (Å²) in [7, 11) is 0. The fourth-order valence-electron chi connectivity index (χ4n) is 4.09. The van der Waals surface area contributed by atoms with Gasteiger partial charge in [0.2, 0.25) is 5.91 Å². The summed E-state index contributed by atoms with van der Waals surface area (Å²) in [5, 5.41) is 2.96. The molecule has 0 atom stereocenters. The SMILES string of the molecule is O=C(NCc1nc2ccccc2n1CCC(=O)N1CCCCCC1)c1cccc(Br)c1. The van der Waals surface area contributed by atoms with Crippen LogP contribution in [0.5, 0.6) is 0 Å². The highest BCUT2D eigenvalue weighted by atomic mass is 79.9. The standard InChI is InChI=1S/C24H27BrN4O2/c25-19-9-7-8-18(16-19)24(31)26-17-22-27-20-10-3-4-11-21(20)29(22)15-12-23(30)28-13-5-1-2-6-14-28/h3-4,7-11,16H,1-2,5-6,12-15,17H2,(H,26,31). The number of likely N-dealkylation sites (tertiary alicyclic amines) is 1. The van der Waals surface area contributed by atoms with Crippen LogP contribution in [0.15, 0.2) is 53.0 Å². The molecule has 1 fully saturated rings. The number of hydrogen-bond acceptors (Lipinski definition) is 3. The van der Waals surface area contributed by atoms with Gasteiger partial charge in [-0.15, -0.1) is 0 Å². The van der Waals surface area contributed by atoms with Crippen LogP contribution in [0.2, 0.25) is 0 Å². The number of para-hydroxylation sites is 2. The molecule has 1 aliphatic rings. The Morgan fingerprint density at radius 1 is 1.00 bits per heavy atom. The van der Waals surface area contributed by atoms with Crippen molar-refractivity contribution in [1.29, 1.82) is 0 Å². The predicted octanol–water partition coefficient (Wildman–Crippen LogP) is 4.52. The third kappa shape index (κ3) is 5.34. The maximum absolute atomic E-state index is 12.8. The first-order chi connectivity index (χ1) is 15.1. The molecule has 6 nitrogen and oxygen atoms in total. The van der Waals surface area contributed by atoms with Crippen LogP contribution >= 0.6 is 15.9 Å². The molecule has 2 heterocycles. The summed E-state index contributed by atoms with van der Waals surface area (Å²) in [5.74, 6) is 0.803. The quantitative estimate of drug-likeness (QED) is 0.561. The Balaban J connectivity index is 1.47. The van der Waals surface area contributed by atoms with Crippen molar-refractivity contribution in [3.05, 3.63) is 64.4 Å². The van der Waals surface area contributed by atoms with Gasteiger partial charge in [-0.3, -0.25) is 9.59 Å². The molecule has 2 aromatic carbocycles. The van der Waals surface area contributed by atoms with Crippen LogP contribution in [0.4, 0.5) is 0 Å². The number of benzene rings is 2. The molecule has 1 aliphatic heterocycles. The van der Waals surface area contributed by atoms with E-state index < -0.39 is 0 Å². The van der Waals surface area contributed by atoms with E-state index in [0.29, 0.717) is 25.1 Å². The molecule has 7 heteroatoms. The maximum atomic E-state index is 12.8. The fraction of sp³-hybridized carbons (Fsp3) is 0.375. The molecule has 1 aromatic heterocycles. The zero-order valence-electron chi connectivity index (χ0n) is 17.5. The van der Waals surface area contributed by atoms with Crippen molar-refractivity contribution in [1.82, 2.24) is 19.8 Å². The molecule has 1 saturated heterocycles. The van der Waals surface area contributed by atoms with E-state index in [-0.39, 0.29) is 11.8 Å². The first-order valence-corrected chi connectivity index (χ1v) is 11.7. The number of fused-ring (bicyclic) bond motifs is 1. The molecule has 1 N–H and O–H groups in total. The number of nitrogens with zero attached hydrogens (tertiary/aromatic N) is 3. The van der Waals surface area contributed by atoms with Gasteiger partial charge in [-0.2, -0.15) is 0 Å². The van der Waals surface area contributed by atoms with E-state index in [4.69, 9.17) is 4.98 Å². The smallest absolute Gasteiger partial charge is 0.251 e. The van der Waals surface area contributed by atoms with Crippen LogP contribution in [0.25, 0.3) is 11.0 Å². The number of carbonyl (C=O) groups excluding carboxylic acids is 2. The Morgan fingerprint density at radius 3 is 2.55 bits per heavy atom. The number of halogens is 1. The summed E-state index contributed by atoms with van der Waals surface area (Å²) in [5.41, 5.74) is 2.45. The Labute approximate surface area is 190 Å². The van der Waals surface area contributed by atoms with Crippen LogP contribution in [-0.2, 0) is 17.9 Å². The van der Waals surface area contributed by atoms with Gasteiger partial charge in [-0.05, 0) is 43.2 Å². The highest BCUT2D eigenvalue weighted by Gasteiger charge is 2.18. The average molecular weight is 483 g/mol. The minimum Gasteiger partial charge on any atom is -0.345 e. The van der Waals surface area contributed by atoms with E-state index in [2.05, 4.69) is 25.8 Å². The third-order valence-corrected chi connectivity index (χ3v) is 6.23. The number of rotatable bonds is 6. The molecule has 31 heavy (non-hydrogen) atoms. The summed E-state index contributed by atoms with van der Waals surface area (Å²) in [6.45, 7) is 2.58. The van der Waals surface area contributed by atoms with Gasteiger partial charge >= 0.3 is 0 Å². The first kappa shape index (κ1) is 21.6. The summed E-state index contributed by atoms with van der Waals surface area (Å²) in [6, 6.07) is 15.2. The molecule has 0 radical (unpaired) electrons. The number of hydrogen-bond donors (Lipinski definition) is 1. The van der Waals surface area contributed by atoms with E-state index in [9.17, 15) is 9.59 Å². The van der Waals surface area contributed by atoms with E-state index in [1.807, 2.05) is 41.3 Å². The minimum atomic E-state index is -0.152. The second kappa shape index (κ2) is 10.1. The van der Waals surface area contributed by atoms with Crippen LogP contribution in [0, 0.1) is 0 Å². The topological polar surface area (TPSA) is 67.2 Å². The van der Waals surface area contributed by atoms with Crippen LogP contribution in [0.3, 0.4) is 0 Å². The molecular formula is C24H27BrN4O2. The first-order valence-electron chi connectivity index (χ1n) is 10.9. The monoisotopic (exact) mass is 482 g/mol. The van der Waals surface area contributed by atoms with Crippen molar-refractivity contribution >= 4 is 38.8 Å². The largest absolute Gasteiger partial charge is 0.345 e. The lowest BCUT2D eigenvalue weighted by atomic mass is 10.2. The molecular weight excluding hydrogens is 456 g/mol. The summed E-state index contributed by atoms with van der Waals surface area (Å²) < 4.78 is 2.92. The van der Waals surface area contributed by atoms with Gasteiger partial charge in [0.15, 0.2) is 0 Å². The van der Waals surface area contributed by atoms with Gasteiger partial charge in [-0.25, -0.2) is 4.98 Å². The summed E-state index contributed by atoms with van der Waals surface area (Å²) in [6.07, 6.45) is 5.03. The van der Waals surface area contributed by atoms with Gasteiger partial charge < -0.3 is 14.8 Å². The van der Waals surface area contributed by atoms with Gasteiger partial charge in [0.05, 0.1) is 17.6 Å². The van der Waals surface area contributed by atoms with Crippen molar-refractivity contribution in [2.24, 2.45) is 0 Å². The van der Waals surface area contributed by atoms with Crippen molar-refractivity contribution < 1.29 is 9.59 Å². The molecule has 2 amide bonds. The number of carbonyl (C=O) groups is 2. The van der Waals surface area contributed by atoms with Crippen LogP contribution in [0.1, 0.15) is 48.3 Å². The predicted molar refractivity (Wildman–Crippen MR) is 125 cm³/mol. The van der Waals surface area contributed by atoms with E-state index >= 15 is 0 Å². The Bertz CT molecular complexity index is 1070. The normalized spacial score (nSPS) is 14.4. The van der Waals surface area contributed by atoms with Crippen molar-refractivity contribution in [2.75, 3.05) is 13.1 Å². The van der Waals surface area contributed by atoms with Gasteiger partial charge in [-0.1, -0.05) is 47.0 Å². The fourth-order valence-corrected chi connectivity index (χ4v) is 4.49. The highest BCUT2D eigenvalue weighted by Crippen LogP contribution is 2.18. The Morgan fingerprint density at radius 2 is 1.77 bits per heavy atom. The zero-order valence-corrected chi connectivity index (χ0v) is 19.1. The lowest BCUT2D eigenvalue weighted by molar-refractivity contribution is -0.131. The molecule has 0 aliphatic carbocycles. The molecule has 4 rings (SSSR count). The lowest BCUT2D eigenvalue weighted by Crippen LogP contribution is -2.32. The molecule has 3 aromatic rings. The molecule has 0 spiro atoms. The maximum Gasteiger partial charge on any atom is 0.251 e. The molecule has 0 bridgehead atoms. The van der Waals surface area contributed by atoms with Crippen LogP contribution < -0.4 is 5.32 Å². The zero-order chi connectivity index (χ0) is 21.6. The van der Waals surface area contributed by atoms with E-state index in [1.54, 1.807) is 12.1 Å². The van der Waals surface area contributed by atoms with Crippen molar-refractivity contribution in [3.63, 3.8) is 0 Å². The lowest BCUT2D eigenvalue weighted by Gasteiger charge is -2.20. The van der Waals surface area contributed by atoms with Gasteiger partial charge in [0, 0.05) is 36.1 Å². The third-order valence-electron chi connectivity index (χ3n) is 5.74. The molecule has 0 saturated carbocycles. The number of aryl methyl sites for hydroxylation is 1. The molecule has 0 unspecified atom stereocenters. The van der Waals surface area contributed by atoms with Gasteiger partial charge in [0.1, 0.15) is 5.82 Å². The van der Waals surface area contributed by atoms with Gasteiger partial charge in [0.25, 0.3) is 5.91 Å². The second-order valence-corrected chi connectivity index (χ2v) is 8.82. The highest BCUT2D eigenvalue weighted by molar-refractivity contribution is 9.10.